The van der Waals surface area contributed by atoms with Gasteiger partial charge in [-0.1, -0.05) is 18.2 Å². The van der Waals surface area contributed by atoms with E-state index in [2.05, 4.69) is 5.32 Å². The third kappa shape index (κ3) is 3.96. The first kappa shape index (κ1) is 15.5. The minimum Gasteiger partial charge on any atom is -0.508 e. The molecule has 0 spiro atoms. The number of benzene rings is 1. The van der Waals surface area contributed by atoms with Crippen LogP contribution in [-0.4, -0.2) is 35.0 Å². The van der Waals surface area contributed by atoms with Crippen molar-refractivity contribution in [1.82, 2.24) is 10.2 Å². The molecule has 0 radical (unpaired) electrons. The SMILES string of the molecule is CCN(CC)C(=O)C(C)NC(C)c1ccccc1O. The van der Waals surface area contributed by atoms with Crippen LogP contribution in [0.3, 0.4) is 0 Å². The zero-order valence-corrected chi connectivity index (χ0v) is 12.2. The molecule has 4 heteroatoms. The van der Waals surface area contributed by atoms with Crippen molar-refractivity contribution >= 4 is 5.91 Å². The summed E-state index contributed by atoms with van der Waals surface area (Å²) in [4.78, 5) is 14.0. The Labute approximate surface area is 115 Å². The Morgan fingerprint density at radius 2 is 1.84 bits per heavy atom. The van der Waals surface area contributed by atoms with Crippen LogP contribution in [0.2, 0.25) is 0 Å². The second kappa shape index (κ2) is 7.14. The number of rotatable bonds is 6. The Morgan fingerprint density at radius 3 is 2.37 bits per heavy atom. The number of hydrogen-bond donors (Lipinski definition) is 2. The molecule has 1 aromatic rings. The van der Waals surface area contributed by atoms with Gasteiger partial charge in [-0.2, -0.15) is 0 Å². The van der Waals surface area contributed by atoms with Gasteiger partial charge in [0.1, 0.15) is 5.75 Å². The lowest BCUT2D eigenvalue weighted by Gasteiger charge is -2.26. The lowest BCUT2D eigenvalue weighted by molar-refractivity contribution is -0.132. The molecule has 2 unspecified atom stereocenters. The molecular weight excluding hydrogens is 240 g/mol. The van der Waals surface area contributed by atoms with Gasteiger partial charge in [-0.15, -0.1) is 0 Å². The summed E-state index contributed by atoms with van der Waals surface area (Å²) in [6.45, 7) is 9.18. The van der Waals surface area contributed by atoms with Gasteiger partial charge >= 0.3 is 0 Å². The van der Waals surface area contributed by atoms with E-state index >= 15 is 0 Å². The van der Waals surface area contributed by atoms with Gasteiger partial charge in [-0.3, -0.25) is 10.1 Å². The minimum absolute atomic E-state index is 0.0734. The predicted octanol–water partition coefficient (Wildman–Crippen LogP) is 2.30. The number of hydrogen-bond acceptors (Lipinski definition) is 3. The van der Waals surface area contributed by atoms with E-state index in [9.17, 15) is 9.90 Å². The highest BCUT2D eigenvalue weighted by Gasteiger charge is 2.21. The molecule has 0 fully saturated rings. The maximum absolute atomic E-state index is 12.2. The van der Waals surface area contributed by atoms with E-state index in [-0.39, 0.29) is 23.7 Å². The van der Waals surface area contributed by atoms with Crippen LogP contribution in [0.5, 0.6) is 5.75 Å². The molecule has 0 bridgehead atoms. The number of phenols is 1. The van der Waals surface area contributed by atoms with Crippen molar-refractivity contribution in [3.8, 4) is 5.75 Å². The number of nitrogens with zero attached hydrogens (tertiary/aromatic N) is 1. The molecule has 4 nitrogen and oxygen atoms in total. The predicted molar refractivity (Wildman–Crippen MR) is 77.0 cm³/mol. The van der Waals surface area contributed by atoms with E-state index in [4.69, 9.17) is 0 Å². The number of carbonyl (C=O) groups excluding carboxylic acids is 1. The van der Waals surface area contributed by atoms with E-state index in [1.165, 1.54) is 0 Å². The Kier molecular flexibility index (Phi) is 5.83. The Bertz CT molecular complexity index is 416. The first-order valence-electron chi connectivity index (χ1n) is 6.83. The van der Waals surface area contributed by atoms with Crippen LogP contribution in [0.15, 0.2) is 24.3 Å². The molecule has 1 rings (SSSR count). The number of nitrogens with one attached hydrogen (secondary N) is 1. The summed E-state index contributed by atoms with van der Waals surface area (Å²) in [5.74, 6) is 0.345. The van der Waals surface area contributed by atoms with Crippen molar-refractivity contribution in [3.05, 3.63) is 29.8 Å². The van der Waals surface area contributed by atoms with Gasteiger partial charge in [0.15, 0.2) is 0 Å². The number of likely N-dealkylation sites (N-methyl/N-ethyl adjacent to an activating group) is 1. The number of aromatic hydroxyl groups is 1. The first-order chi connectivity index (χ1) is 9.01. The van der Waals surface area contributed by atoms with E-state index in [1.807, 2.05) is 39.8 Å². The molecule has 0 aliphatic heterocycles. The number of amides is 1. The normalized spacial score (nSPS) is 13.9. The highest BCUT2D eigenvalue weighted by molar-refractivity contribution is 5.81. The summed E-state index contributed by atoms with van der Waals surface area (Å²) in [5, 5.41) is 13.0. The van der Waals surface area contributed by atoms with Crippen LogP contribution < -0.4 is 5.32 Å². The first-order valence-corrected chi connectivity index (χ1v) is 6.83. The van der Waals surface area contributed by atoms with Gasteiger partial charge in [0.2, 0.25) is 5.91 Å². The fraction of sp³-hybridized carbons (Fsp3) is 0.533. The molecule has 1 amide bonds. The topological polar surface area (TPSA) is 52.6 Å². The number of phenolic OH excluding ortho intramolecular Hbond substituents is 1. The second-order valence-electron chi connectivity index (χ2n) is 4.68. The fourth-order valence-corrected chi connectivity index (χ4v) is 2.20. The molecule has 0 saturated heterocycles. The van der Waals surface area contributed by atoms with Gasteiger partial charge in [0.05, 0.1) is 6.04 Å². The Balaban J connectivity index is 2.69. The van der Waals surface area contributed by atoms with Crippen LogP contribution in [0.4, 0.5) is 0 Å². The van der Waals surface area contributed by atoms with Crippen LogP contribution in [0.25, 0.3) is 0 Å². The van der Waals surface area contributed by atoms with Crippen molar-refractivity contribution in [2.45, 2.75) is 39.8 Å². The van der Waals surface area contributed by atoms with Gasteiger partial charge < -0.3 is 10.0 Å². The van der Waals surface area contributed by atoms with Crippen LogP contribution in [0, 0.1) is 0 Å². The lowest BCUT2D eigenvalue weighted by atomic mass is 10.1. The molecule has 0 aliphatic carbocycles. The molecule has 19 heavy (non-hydrogen) atoms. The average Bonchev–Trinajstić information content (AvgIpc) is 2.40. The quantitative estimate of drug-likeness (QED) is 0.829. The molecular formula is C15H24N2O2. The highest BCUT2D eigenvalue weighted by Crippen LogP contribution is 2.23. The summed E-state index contributed by atoms with van der Waals surface area (Å²) in [6.07, 6.45) is 0. The largest absolute Gasteiger partial charge is 0.508 e. The van der Waals surface area contributed by atoms with Crippen molar-refractivity contribution < 1.29 is 9.90 Å². The smallest absolute Gasteiger partial charge is 0.239 e. The highest BCUT2D eigenvalue weighted by atomic mass is 16.3. The monoisotopic (exact) mass is 264 g/mol. The molecule has 0 aliphatic rings. The summed E-state index contributed by atoms with van der Waals surface area (Å²) < 4.78 is 0. The van der Waals surface area contributed by atoms with Crippen molar-refractivity contribution in [3.63, 3.8) is 0 Å². The fourth-order valence-electron chi connectivity index (χ4n) is 2.20. The van der Waals surface area contributed by atoms with Crippen molar-refractivity contribution in [2.75, 3.05) is 13.1 Å². The van der Waals surface area contributed by atoms with E-state index in [1.54, 1.807) is 17.0 Å². The van der Waals surface area contributed by atoms with E-state index in [0.717, 1.165) is 5.56 Å². The third-order valence-electron chi connectivity index (χ3n) is 3.35. The van der Waals surface area contributed by atoms with Crippen LogP contribution >= 0.6 is 0 Å². The Hall–Kier alpha value is -1.55. The number of carbonyl (C=O) groups is 1. The second-order valence-corrected chi connectivity index (χ2v) is 4.68. The Morgan fingerprint density at radius 1 is 1.26 bits per heavy atom. The standard InChI is InChI=1S/C15H24N2O2/c1-5-17(6-2)15(19)12(4)16-11(3)13-9-7-8-10-14(13)18/h7-12,16,18H,5-6H2,1-4H3. The zero-order chi connectivity index (χ0) is 14.4. The van der Waals surface area contributed by atoms with E-state index in [0.29, 0.717) is 13.1 Å². The molecule has 0 heterocycles. The molecule has 0 saturated carbocycles. The van der Waals surface area contributed by atoms with Gasteiger partial charge in [-0.25, -0.2) is 0 Å². The lowest BCUT2D eigenvalue weighted by Crippen LogP contribution is -2.45. The summed E-state index contributed by atoms with van der Waals surface area (Å²) >= 11 is 0. The molecule has 2 N–H and O–H groups in total. The third-order valence-corrected chi connectivity index (χ3v) is 3.35. The van der Waals surface area contributed by atoms with Gasteiger partial charge in [0.25, 0.3) is 0 Å². The summed E-state index contributed by atoms with van der Waals surface area (Å²) in [5.41, 5.74) is 0.807. The minimum atomic E-state index is -0.269. The molecule has 1 aromatic carbocycles. The number of para-hydroxylation sites is 1. The average molecular weight is 264 g/mol. The summed E-state index contributed by atoms with van der Waals surface area (Å²) in [6, 6.07) is 6.84. The van der Waals surface area contributed by atoms with Crippen molar-refractivity contribution in [1.29, 1.82) is 0 Å². The molecule has 0 aromatic heterocycles. The zero-order valence-electron chi connectivity index (χ0n) is 12.2. The molecule has 2 atom stereocenters. The van der Waals surface area contributed by atoms with Crippen LogP contribution in [-0.2, 0) is 4.79 Å². The van der Waals surface area contributed by atoms with Gasteiger partial charge in [0, 0.05) is 24.7 Å². The molecule has 106 valence electrons. The van der Waals surface area contributed by atoms with Gasteiger partial charge in [-0.05, 0) is 33.8 Å². The maximum atomic E-state index is 12.2. The van der Waals surface area contributed by atoms with Crippen molar-refractivity contribution in [2.24, 2.45) is 0 Å². The van der Waals surface area contributed by atoms with E-state index < -0.39 is 0 Å². The van der Waals surface area contributed by atoms with Crippen LogP contribution in [0.1, 0.15) is 39.3 Å². The maximum Gasteiger partial charge on any atom is 0.239 e. The summed E-state index contributed by atoms with van der Waals surface area (Å²) in [7, 11) is 0.